The third-order valence-electron chi connectivity index (χ3n) is 4.91. The number of carbonyl (C=O) groups excluding carboxylic acids is 1. The molecule has 2 heterocycles. The fourth-order valence-electron chi connectivity index (χ4n) is 3.35. The predicted molar refractivity (Wildman–Crippen MR) is 117 cm³/mol. The fourth-order valence-corrected chi connectivity index (χ4v) is 4.18. The van der Waals surface area contributed by atoms with Crippen LogP contribution in [0.5, 0.6) is 0 Å². The molecule has 29 heavy (non-hydrogen) atoms. The van der Waals surface area contributed by atoms with Gasteiger partial charge in [-0.1, -0.05) is 42.0 Å². The van der Waals surface area contributed by atoms with E-state index in [2.05, 4.69) is 52.5 Å². The summed E-state index contributed by atoms with van der Waals surface area (Å²) in [7, 11) is 0. The van der Waals surface area contributed by atoms with Crippen LogP contribution in [-0.4, -0.2) is 42.1 Å². The maximum atomic E-state index is 12.5. The first-order valence-corrected chi connectivity index (χ1v) is 10.7. The summed E-state index contributed by atoms with van der Waals surface area (Å²) in [5.41, 5.74) is 5.13. The van der Waals surface area contributed by atoms with Crippen LogP contribution in [-0.2, 0) is 22.5 Å². The van der Waals surface area contributed by atoms with Gasteiger partial charge in [-0.3, -0.25) is 9.69 Å². The van der Waals surface area contributed by atoms with E-state index in [0.717, 1.165) is 54.8 Å². The Morgan fingerprint density at radius 1 is 1.17 bits per heavy atom. The molecule has 4 rings (SSSR count). The van der Waals surface area contributed by atoms with Crippen LogP contribution in [0.25, 0.3) is 10.6 Å². The second kappa shape index (κ2) is 9.31. The molecular weight excluding hydrogens is 382 g/mol. The van der Waals surface area contributed by atoms with Gasteiger partial charge in [0.2, 0.25) is 5.91 Å². The summed E-state index contributed by atoms with van der Waals surface area (Å²) in [6.45, 7) is 6.41. The normalized spacial score (nSPS) is 14.7. The quantitative estimate of drug-likeness (QED) is 0.668. The van der Waals surface area contributed by atoms with Crippen LogP contribution in [0.15, 0.2) is 53.9 Å². The summed E-state index contributed by atoms with van der Waals surface area (Å²) < 4.78 is 5.40. The third kappa shape index (κ3) is 5.50. The molecule has 6 heteroatoms. The Balaban J connectivity index is 1.35. The van der Waals surface area contributed by atoms with Crippen molar-refractivity contribution in [2.24, 2.45) is 0 Å². The predicted octanol–water partition coefficient (Wildman–Crippen LogP) is 4.13. The van der Waals surface area contributed by atoms with E-state index in [9.17, 15) is 4.79 Å². The molecule has 1 saturated heterocycles. The van der Waals surface area contributed by atoms with Crippen molar-refractivity contribution in [3.05, 3.63) is 70.7 Å². The molecule has 150 valence electrons. The molecule has 1 amide bonds. The van der Waals surface area contributed by atoms with Gasteiger partial charge < -0.3 is 10.1 Å². The zero-order valence-electron chi connectivity index (χ0n) is 16.6. The number of hydrogen-bond acceptors (Lipinski definition) is 5. The lowest BCUT2D eigenvalue weighted by molar-refractivity contribution is -0.115. The molecule has 1 aliphatic heterocycles. The van der Waals surface area contributed by atoms with Crippen LogP contribution in [0, 0.1) is 6.92 Å². The summed E-state index contributed by atoms with van der Waals surface area (Å²) in [5.74, 6) is -0.0470. The van der Waals surface area contributed by atoms with E-state index in [1.54, 1.807) is 11.3 Å². The third-order valence-corrected chi connectivity index (χ3v) is 5.85. The van der Waals surface area contributed by atoms with Crippen LogP contribution in [0.3, 0.4) is 0 Å². The van der Waals surface area contributed by atoms with Crippen LogP contribution >= 0.6 is 11.3 Å². The van der Waals surface area contributed by atoms with Crippen molar-refractivity contribution >= 4 is 22.9 Å². The highest BCUT2D eigenvalue weighted by Gasteiger charge is 2.12. The van der Waals surface area contributed by atoms with Crippen LogP contribution < -0.4 is 5.32 Å². The van der Waals surface area contributed by atoms with Crippen molar-refractivity contribution in [2.75, 3.05) is 31.6 Å². The molecule has 0 bridgehead atoms. The smallest absolute Gasteiger partial charge is 0.230 e. The average molecular weight is 408 g/mol. The van der Waals surface area contributed by atoms with Crippen molar-refractivity contribution in [1.82, 2.24) is 9.88 Å². The standard InChI is InChI=1S/C23H25N3O2S/c1-17-5-7-19(8-6-17)23-25-21(16-29-23)14-22(27)24-20-4-2-3-18(13-20)15-26-9-11-28-12-10-26/h2-8,13,16H,9-12,14-15H2,1H3,(H,24,27). The van der Waals surface area contributed by atoms with Crippen molar-refractivity contribution in [3.8, 4) is 10.6 Å². The number of thiazole rings is 1. The van der Waals surface area contributed by atoms with E-state index in [1.165, 1.54) is 11.1 Å². The minimum absolute atomic E-state index is 0.0470. The first kappa shape index (κ1) is 19.8. The minimum atomic E-state index is -0.0470. The molecule has 1 N–H and O–H groups in total. The van der Waals surface area contributed by atoms with E-state index in [0.29, 0.717) is 0 Å². The molecule has 2 aromatic carbocycles. The Morgan fingerprint density at radius 2 is 1.97 bits per heavy atom. The highest BCUT2D eigenvalue weighted by Crippen LogP contribution is 2.24. The molecule has 1 aromatic heterocycles. The Labute approximate surface area is 175 Å². The second-order valence-electron chi connectivity index (χ2n) is 7.32. The number of amides is 1. The first-order valence-electron chi connectivity index (χ1n) is 9.86. The Kier molecular flexibility index (Phi) is 6.34. The van der Waals surface area contributed by atoms with Gasteiger partial charge in [-0.15, -0.1) is 11.3 Å². The fraction of sp³-hybridized carbons (Fsp3) is 0.304. The van der Waals surface area contributed by atoms with Gasteiger partial charge in [0.1, 0.15) is 5.01 Å². The van der Waals surface area contributed by atoms with E-state index >= 15 is 0 Å². The molecule has 0 radical (unpaired) electrons. The summed E-state index contributed by atoms with van der Waals surface area (Å²) in [5, 5.41) is 5.91. The van der Waals surface area contributed by atoms with E-state index in [4.69, 9.17) is 4.74 Å². The number of hydrogen-bond donors (Lipinski definition) is 1. The number of morpholine rings is 1. The van der Waals surface area contributed by atoms with Gasteiger partial charge in [0.25, 0.3) is 0 Å². The first-order chi connectivity index (χ1) is 14.2. The molecule has 0 spiro atoms. The summed E-state index contributed by atoms with van der Waals surface area (Å²) >= 11 is 1.57. The van der Waals surface area contributed by atoms with Gasteiger partial charge in [-0.2, -0.15) is 0 Å². The van der Waals surface area contributed by atoms with E-state index < -0.39 is 0 Å². The van der Waals surface area contributed by atoms with Gasteiger partial charge in [0.05, 0.1) is 25.3 Å². The van der Waals surface area contributed by atoms with Gasteiger partial charge in [-0.05, 0) is 24.6 Å². The number of aryl methyl sites for hydroxylation is 1. The molecular formula is C23H25N3O2S. The number of anilines is 1. The zero-order valence-corrected chi connectivity index (χ0v) is 17.4. The lowest BCUT2D eigenvalue weighted by Gasteiger charge is -2.26. The Hall–Kier alpha value is -2.54. The SMILES string of the molecule is Cc1ccc(-c2nc(CC(=O)Nc3cccc(CN4CCOCC4)c3)cs2)cc1. The Bertz CT molecular complexity index is 962. The van der Waals surface area contributed by atoms with Crippen LogP contribution in [0.4, 0.5) is 5.69 Å². The highest BCUT2D eigenvalue weighted by molar-refractivity contribution is 7.13. The van der Waals surface area contributed by atoms with Crippen LogP contribution in [0.2, 0.25) is 0 Å². The van der Waals surface area contributed by atoms with Gasteiger partial charge in [0.15, 0.2) is 0 Å². The zero-order chi connectivity index (χ0) is 20.1. The second-order valence-corrected chi connectivity index (χ2v) is 8.18. The lowest BCUT2D eigenvalue weighted by Crippen LogP contribution is -2.35. The van der Waals surface area contributed by atoms with Crippen molar-refractivity contribution < 1.29 is 9.53 Å². The highest BCUT2D eigenvalue weighted by atomic mass is 32.1. The molecule has 3 aromatic rings. The van der Waals surface area contributed by atoms with Crippen LogP contribution in [0.1, 0.15) is 16.8 Å². The molecule has 0 saturated carbocycles. The number of rotatable bonds is 6. The van der Waals surface area contributed by atoms with Gasteiger partial charge >= 0.3 is 0 Å². The number of benzene rings is 2. The average Bonchev–Trinajstić information content (AvgIpc) is 3.18. The van der Waals surface area contributed by atoms with Crippen molar-refractivity contribution in [3.63, 3.8) is 0 Å². The number of carbonyl (C=O) groups is 1. The number of nitrogens with one attached hydrogen (secondary N) is 1. The monoisotopic (exact) mass is 407 g/mol. The lowest BCUT2D eigenvalue weighted by atomic mass is 10.1. The summed E-state index contributed by atoms with van der Waals surface area (Å²) in [6.07, 6.45) is 0.274. The number of nitrogens with zero attached hydrogens (tertiary/aromatic N) is 2. The molecule has 1 fully saturated rings. The minimum Gasteiger partial charge on any atom is -0.379 e. The molecule has 5 nitrogen and oxygen atoms in total. The van der Waals surface area contributed by atoms with Crippen molar-refractivity contribution in [2.45, 2.75) is 19.9 Å². The summed E-state index contributed by atoms with van der Waals surface area (Å²) in [4.78, 5) is 19.5. The maximum Gasteiger partial charge on any atom is 0.230 e. The molecule has 0 atom stereocenters. The van der Waals surface area contributed by atoms with E-state index in [-0.39, 0.29) is 12.3 Å². The maximum absolute atomic E-state index is 12.5. The van der Waals surface area contributed by atoms with Gasteiger partial charge in [-0.25, -0.2) is 4.98 Å². The molecule has 0 aliphatic carbocycles. The van der Waals surface area contributed by atoms with Gasteiger partial charge in [0, 0.05) is 36.3 Å². The number of aromatic nitrogens is 1. The van der Waals surface area contributed by atoms with E-state index in [1.807, 2.05) is 23.6 Å². The topological polar surface area (TPSA) is 54.5 Å². The molecule has 1 aliphatic rings. The summed E-state index contributed by atoms with van der Waals surface area (Å²) in [6, 6.07) is 16.4. The Morgan fingerprint density at radius 3 is 2.76 bits per heavy atom. The number of ether oxygens (including phenoxy) is 1. The largest absolute Gasteiger partial charge is 0.379 e. The van der Waals surface area contributed by atoms with Crippen molar-refractivity contribution in [1.29, 1.82) is 0 Å². The molecule has 0 unspecified atom stereocenters.